The maximum absolute atomic E-state index is 13.4. The molecule has 0 saturated heterocycles. The van der Waals surface area contributed by atoms with Crippen molar-refractivity contribution in [1.29, 1.82) is 0 Å². The summed E-state index contributed by atoms with van der Waals surface area (Å²) >= 11 is 3.41. The molecule has 0 bridgehead atoms. The highest BCUT2D eigenvalue weighted by molar-refractivity contribution is 9.10. The van der Waals surface area contributed by atoms with Crippen molar-refractivity contribution in [2.24, 2.45) is 5.73 Å². The molecule has 1 atom stereocenters. The molecule has 2 N–H and O–H groups in total. The molecule has 0 heterocycles. The van der Waals surface area contributed by atoms with E-state index in [1.165, 1.54) is 12.1 Å². The molecule has 0 amide bonds. The molecule has 2 rings (SSSR count). The zero-order valence-corrected chi connectivity index (χ0v) is 13.5. The van der Waals surface area contributed by atoms with Crippen molar-refractivity contribution in [3.63, 3.8) is 0 Å². The van der Waals surface area contributed by atoms with Crippen LogP contribution < -0.4 is 15.2 Å². The SMILES string of the molecule is COc1ccc(Br)cc1COc1cc(F)ccc1[C@H](C)N. The molecule has 21 heavy (non-hydrogen) atoms. The van der Waals surface area contributed by atoms with Gasteiger partial charge in [0.15, 0.2) is 0 Å². The van der Waals surface area contributed by atoms with Crippen LogP contribution in [-0.4, -0.2) is 7.11 Å². The Morgan fingerprint density at radius 1 is 1.19 bits per heavy atom. The van der Waals surface area contributed by atoms with Crippen LogP contribution in [0.1, 0.15) is 24.1 Å². The highest BCUT2D eigenvalue weighted by atomic mass is 79.9. The minimum absolute atomic E-state index is 0.231. The lowest BCUT2D eigenvalue weighted by atomic mass is 10.1. The molecule has 112 valence electrons. The summed E-state index contributed by atoms with van der Waals surface area (Å²) in [6, 6.07) is 9.79. The molecular weight excluding hydrogens is 337 g/mol. The summed E-state index contributed by atoms with van der Waals surface area (Å²) in [5.41, 5.74) is 7.52. The third-order valence-corrected chi connectivity index (χ3v) is 3.59. The predicted molar refractivity (Wildman–Crippen MR) is 84.0 cm³/mol. The van der Waals surface area contributed by atoms with Crippen LogP contribution in [0.4, 0.5) is 4.39 Å². The van der Waals surface area contributed by atoms with E-state index in [0.717, 1.165) is 21.3 Å². The van der Waals surface area contributed by atoms with Crippen LogP contribution in [-0.2, 0) is 6.61 Å². The predicted octanol–water partition coefficient (Wildman–Crippen LogP) is 4.20. The standard InChI is InChI=1S/C16H17BrFNO2/c1-10(19)14-5-4-13(18)8-16(14)21-9-11-7-12(17)3-6-15(11)20-2/h3-8,10H,9,19H2,1-2H3/t10-/m0/s1. The summed E-state index contributed by atoms with van der Waals surface area (Å²) in [6.45, 7) is 2.10. The molecule has 0 saturated carbocycles. The highest BCUT2D eigenvalue weighted by Gasteiger charge is 2.11. The lowest BCUT2D eigenvalue weighted by Crippen LogP contribution is -2.08. The van der Waals surface area contributed by atoms with Gasteiger partial charge in [0, 0.05) is 27.7 Å². The summed E-state index contributed by atoms with van der Waals surface area (Å²) in [5, 5.41) is 0. The van der Waals surface area contributed by atoms with Crippen LogP contribution in [0.2, 0.25) is 0 Å². The van der Waals surface area contributed by atoms with Gasteiger partial charge < -0.3 is 15.2 Å². The average molecular weight is 354 g/mol. The monoisotopic (exact) mass is 353 g/mol. The van der Waals surface area contributed by atoms with Gasteiger partial charge in [-0.2, -0.15) is 0 Å². The number of halogens is 2. The van der Waals surface area contributed by atoms with Crippen LogP contribution >= 0.6 is 15.9 Å². The highest BCUT2D eigenvalue weighted by Crippen LogP contribution is 2.28. The topological polar surface area (TPSA) is 44.5 Å². The summed E-state index contributed by atoms with van der Waals surface area (Å²) < 4.78 is 25.4. The number of benzene rings is 2. The van der Waals surface area contributed by atoms with Gasteiger partial charge in [-0.25, -0.2) is 4.39 Å². The van der Waals surface area contributed by atoms with E-state index >= 15 is 0 Å². The molecule has 0 aromatic heterocycles. The lowest BCUT2D eigenvalue weighted by Gasteiger charge is -2.15. The van der Waals surface area contributed by atoms with Crippen molar-refractivity contribution in [1.82, 2.24) is 0 Å². The van der Waals surface area contributed by atoms with E-state index in [-0.39, 0.29) is 18.5 Å². The van der Waals surface area contributed by atoms with E-state index < -0.39 is 0 Å². The second-order valence-corrected chi connectivity index (χ2v) is 5.63. The smallest absolute Gasteiger partial charge is 0.127 e. The van der Waals surface area contributed by atoms with E-state index in [4.69, 9.17) is 15.2 Å². The first-order valence-electron chi connectivity index (χ1n) is 6.51. The average Bonchev–Trinajstić information content (AvgIpc) is 2.45. The van der Waals surface area contributed by atoms with Gasteiger partial charge in [-0.3, -0.25) is 0 Å². The van der Waals surface area contributed by atoms with Crippen LogP contribution in [0.15, 0.2) is 40.9 Å². The largest absolute Gasteiger partial charge is 0.496 e. The first kappa shape index (κ1) is 15.8. The maximum Gasteiger partial charge on any atom is 0.127 e. The second kappa shape index (κ2) is 6.91. The van der Waals surface area contributed by atoms with Gasteiger partial charge in [0.25, 0.3) is 0 Å². The van der Waals surface area contributed by atoms with Gasteiger partial charge in [0.1, 0.15) is 23.9 Å². The fourth-order valence-corrected chi connectivity index (χ4v) is 2.43. The van der Waals surface area contributed by atoms with Crippen LogP contribution in [0, 0.1) is 5.82 Å². The van der Waals surface area contributed by atoms with Crippen molar-refractivity contribution in [2.75, 3.05) is 7.11 Å². The fourth-order valence-electron chi connectivity index (χ4n) is 2.02. The number of ether oxygens (including phenoxy) is 2. The van der Waals surface area contributed by atoms with Crippen LogP contribution in [0.5, 0.6) is 11.5 Å². The van der Waals surface area contributed by atoms with Gasteiger partial charge in [0.2, 0.25) is 0 Å². The molecule has 0 fully saturated rings. The summed E-state index contributed by atoms with van der Waals surface area (Å²) in [4.78, 5) is 0. The normalized spacial score (nSPS) is 12.0. The minimum atomic E-state index is -0.351. The number of nitrogens with two attached hydrogens (primary N) is 1. The van der Waals surface area contributed by atoms with Gasteiger partial charge in [-0.15, -0.1) is 0 Å². The van der Waals surface area contributed by atoms with Crippen molar-refractivity contribution in [3.8, 4) is 11.5 Å². The number of rotatable bonds is 5. The molecule has 0 radical (unpaired) electrons. The van der Waals surface area contributed by atoms with E-state index in [0.29, 0.717) is 5.75 Å². The van der Waals surface area contributed by atoms with E-state index in [9.17, 15) is 4.39 Å². The first-order valence-corrected chi connectivity index (χ1v) is 7.31. The second-order valence-electron chi connectivity index (χ2n) is 4.72. The Hall–Kier alpha value is -1.59. The van der Waals surface area contributed by atoms with Crippen molar-refractivity contribution >= 4 is 15.9 Å². The molecule has 0 unspecified atom stereocenters. The lowest BCUT2D eigenvalue weighted by molar-refractivity contribution is 0.291. The van der Waals surface area contributed by atoms with Crippen molar-refractivity contribution in [3.05, 3.63) is 57.8 Å². The Balaban J connectivity index is 2.24. The third kappa shape index (κ3) is 3.95. The Bertz CT molecular complexity index is 632. The Morgan fingerprint density at radius 2 is 1.95 bits per heavy atom. The molecular formula is C16H17BrFNO2. The van der Waals surface area contributed by atoms with Gasteiger partial charge in [0.05, 0.1) is 7.11 Å². The Kier molecular flexibility index (Phi) is 5.20. The first-order chi connectivity index (χ1) is 10.0. The molecule has 5 heteroatoms. The Morgan fingerprint density at radius 3 is 2.62 bits per heavy atom. The zero-order chi connectivity index (χ0) is 15.4. The number of hydrogen-bond donors (Lipinski definition) is 1. The molecule has 0 spiro atoms. The summed E-state index contributed by atoms with van der Waals surface area (Å²) in [7, 11) is 1.60. The summed E-state index contributed by atoms with van der Waals surface area (Å²) in [5.74, 6) is 0.819. The molecule has 2 aromatic rings. The van der Waals surface area contributed by atoms with E-state index in [1.54, 1.807) is 13.2 Å². The minimum Gasteiger partial charge on any atom is -0.496 e. The van der Waals surface area contributed by atoms with Crippen molar-refractivity contribution in [2.45, 2.75) is 19.6 Å². The third-order valence-electron chi connectivity index (χ3n) is 3.09. The molecule has 0 aliphatic rings. The number of hydrogen-bond acceptors (Lipinski definition) is 3. The van der Waals surface area contributed by atoms with Crippen molar-refractivity contribution < 1.29 is 13.9 Å². The maximum atomic E-state index is 13.4. The zero-order valence-electron chi connectivity index (χ0n) is 11.9. The van der Waals surface area contributed by atoms with Gasteiger partial charge >= 0.3 is 0 Å². The van der Waals surface area contributed by atoms with Crippen LogP contribution in [0.3, 0.4) is 0 Å². The molecule has 0 aliphatic carbocycles. The molecule has 2 aromatic carbocycles. The van der Waals surface area contributed by atoms with E-state index in [1.807, 2.05) is 25.1 Å². The fraction of sp³-hybridized carbons (Fsp3) is 0.250. The molecule has 0 aliphatic heterocycles. The van der Waals surface area contributed by atoms with E-state index in [2.05, 4.69) is 15.9 Å². The van der Waals surface area contributed by atoms with Gasteiger partial charge in [-0.05, 0) is 31.2 Å². The number of methoxy groups -OCH3 is 1. The summed E-state index contributed by atoms with van der Waals surface area (Å²) in [6.07, 6.45) is 0. The molecule has 3 nitrogen and oxygen atoms in total. The van der Waals surface area contributed by atoms with Gasteiger partial charge in [-0.1, -0.05) is 22.0 Å². The van der Waals surface area contributed by atoms with Crippen LogP contribution in [0.25, 0.3) is 0 Å². The quantitative estimate of drug-likeness (QED) is 0.876. The Labute approximate surface area is 132 Å².